The molecule has 2 N–H and O–H groups in total. The summed E-state index contributed by atoms with van der Waals surface area (Å²) in [6.45, 7) is 2.92. The number of alkyl halides is 1. The SMILES string of the molecule is CCC(Br)CCNc1nc[nH]c(=O)c1Br. The van der Waals surface area contributed by atoms with Crippen molar-refractivity contribution in [3.8, 4) is 0 Å². The van der Waals surface area contributed by atoms with E-state index in [2.05, 4.69) is 54.1 Å². The molecule has 1 aromatic rings. The number of nitrogens with one attached hydrogen (secondary N) is 2. The van der Waals surface area contributed by atoms with Crippen LogP contribution in [0.5, 0.6) is 0 Å². The van der Waals surface area contributed by atoms with Gasteiger partial charge in [-0.2, -0.15) is 0 Å². The molecule has 1 unspecified atom stereocenters. The van der Waals surface area contributed by atoms with Gasteiger partial charge in [0.1, 0.15) is 10.3 Å². The van der Waals surface area contributed by atoms with E-state index >= 15 is 0 Å². The normalized spacial score (nSPS) is 12.5. The highest BCUT2D eigenvalue weighted by Gasteiger charge is 2.05. The molecule has 1 heterocycles. The molecule has 0 spiro atoms. The summed E-state index contributed by atoms with van der Waals surface area (Å²) >= 11 is 6.73. The lowest BCUT2D eigenvalue weighted by Gasteiger charge is -2.09. The summed E-state index contributed by atoms with van der Waals surface area (Å²) in [5, 5.41) is 3.11. The molecule has 1 aromatic heterocycles. The summed E-state index contributed by atoms with van der Waals surface area (Å²) in [7, 11) is 0. The minimum atomic E-state index is -0.168. The molecule has 84 valence electrons. The fourth-order valence-electron chi connectivity index (χ4n) is 1.06. The van der Waals surface area contributed by atoms with Gasteiger partial charge in [-0.05, 0) is 28.8 Å². The van der Waals surface area contributed by atoms with E-state index in [0.717, 1.165) is 19.4 Å². The highest BCUT2D eigenvalue weighted by molar-refractivity contribution is 9.10. The third-order valence-corrected chi connectivity index (χ3v) is 3.83. The molecular formula is C9H13Br2N3O. The minimum absolute atomic E-state index is 0.168. The molecule has 1 rings (SSSR count). The lowest BCUT2D eigenvalue weighted by Crippen LogP contribution is -2.14. The molecule has 6 heteroatoms. The fraction of sp³-hybridized carbons (Fsp3) is 0.556. The maximum absolute atomic E-state index is 11.2. The van der Waals surface area contributed by atoms with Crippen LogP contribution >= 0.6 is 31.9 Å². The molecule has 1 atom stereocenters. The zero-order valence-corrected chi connectivity index (χ0v) is 11.6. The van der Waals surface area contributed by atoms with Crippen LogP contribution in [0.4, 0.5) is 5.82 Å². The Kier molecular flexibility index (Phi) is 5.31. The molecule has 0 saturated carbocycles. The Hall–Kier alpha value is -0.360. The molecule has 0 fully saturated rings. The molecule has 0 aromatic carbocycles. The smallest absolute Gasteiger partial charge is 0.267 e. The van der Waals surface area contributed by atoms with Gasteiger partial charge in [0.2, 0.25) is 0 Å². The number of halogens is 2. The molecule has 0 amide bonds. The third kappa shape index (κ3) is 3.95. The second-order valence-electron chi connectivity index (χ2n) is 3.12. The van der Waals surface area contributed by atoms with E-state index in [1.165, 1.54) is 6.33 Å². The monoisotopic (exact) mass is 337 g/mol. The molecule has 0 radical (unpaired) electrons. The van der Waals surface area contributed by atoms with Crippen molar-refractivity contribution in [2.75, 3.05) is 11.9 Å². The van der Waals surface area contributed by atoms with Gasteiger partial charge in [-0.25, -0.2) is 4.98 Å². The summed E-state index contributed by atoms with van der Waals surface area (Å²) in [5.41, 5.74) is -0.168. The van der Waals surface area contributed by atoms with Crippen LogP contribution in [-0.4, -0.2) is 21.3 Å². The van der Waals surface area contributed by atoms with Gasteiger partial charge < -0.3 is 10.3 Å². The predicted octanol–water partition coefficient (Wildman–Crippen LogP) is 2.51. The van der Waals surface area contributed by atoms with Gasteiger partial charge in [0.15, 0.2) is 0 Å². The van der Waals surface area contributed by atoms with E-state index in [9.17, 15) is 4.79 Å². The highest BCUT2D eigenvalue weighted by atomic mass is 79.9. The van der Waals surface area contributed by atoms with E-state index in [0.29, 0.717) is 15.1 Å². The number of aromatic amines is 1. The Morgan fingerprint density at radius 2 is 2.40 bits per heavy atom. The summed E-state index contributed by atoms with van der Waals surface area (Å²) < 4.78 is 0.452. The minimum Gasteiger partial charge on any atom is -0.369 e. The van der Waals surface area contributed by atoms with E-state index < -0.39 is 0 Å². The number of H-pyrrole nitrogens is 1. The van der Waals surface area contributed by atoms with E-state index in [-0.39, 0.29) is 5.56 Å². The number of aromatic nitrogens is 2. The first kappa shape index (κ1) is 12.7. The van der Waals surface area contributed by atoms with Crippen molar-refractivity contribution in [2.24, 2.45) is 0 Å². The standard InChI is InChI=1S/C9H13Br2N3O/c1-2-6(10)3-4-12-8-7(11)9(15)14-5-13-8/h5-6H,2-4H2,1H3,(H2,12,13,14,15). The molecule has 0 bridgehead atoms. The maximum atomic E-state index is 11.2. The highest BCUT2D eigenvalue weighted by Crippen LogP contribution is 2.14. The maximum Gasteiger partial charge on any atom is 0.267 e. The van der Waals surface area contributed by atoms with Gasteiger partial charge in [-0.15, -0.1) is 0 Å². The first-order valence-corrected chi connectivity index (χ1v) is 6.47. The largest absolute Gasteiger partial charge is 0.369 e. The van der Waals surface area contributed by atoms with Crippen LogP contribution in [0.1, 0.15) is 19.8 Å². The van der Waals surface area contributed by atoms with Crippen molar-refractivity contribution in [3.63, 3.8) is 0 Å². The molecule has 0 aliphatic heterocycles. The molecule has 15 heavy (non-hydrogen) atoms. The van der Waals surface area contributed by atoms with Gasteiger partial charge >= 0.3 is 0 Å². The molecule has 0 saturated heterocycles. The molecule has 0 aliphatic rings. The predicted molar refractivity (Wildman–Crippen MR) is 68.7 cm³/mol. The van der Waals surface area contributed by atoms with Gasteiger partial charge in [0, 0.05) is 11.4 Å². The van der Waals surface area contributed by atoms with Gasteiger partial charge in [-0.1, -0.05) is 22.9 Å². The Morgan fingerprint density at radius 3 is 3.07 bits per heavy atom. The number of anilines is 1. The second kappa shape index (κ2) is 6.27. The summed E-state index contributed by atoms with van der Waals surface area (Å²) in [6.07, 6.45) is 3.48. The van der Waals surface area contributed by atoms with E-state index in [1.807, 2.05) is 0 Å². The number of nitrogens with zero attached hydrogens (tertiary/aromatic N) is 1. The molecule has 4 nitrogen and oxygen atoms in total. The topological polar surface area (TPSA) is 57.8 Å². The fourth-order valence-corrected chi connectivity index (χ4v) is 1.64. The summed E-state index contributed by atoms with van der Waals surface area (Å²) in [5.74, 6) is 0.592. The Morgan fingerprint density at radius 1 is 1.67 bits per heavy atom. The zero-order valence-electron chi connectivity index (χ0n) is 8.39. The average molecular weight is 339 g/mol. The van der Waals surface area contributed by atoms with Crippen LogP contribution < -0.4 is 10.9 Å². The third-order valence-electron chi connectivity index (χ3n) is 1.99. The van der Waals surface area contributed by atoms with Crippen LogP contribution in [-0.2, 0) is 0 Å². The quantitative estimate of drug-likeness (QED) is 0.811. The number of rotatable bonds is 5. The summed E-state index contributed by atoms with van der Waals surface area (Å²) in [4.78, 5) is 18.2. The van der Waals surface area contributed by atoms with Gasteiger partial charge in [0.25, 0.3) is 5.56 Å². The Balaban J connectivity index is 2.51. The second-order valence-corrected chi connectivity index (χ2v) is 5.20. The number of hydrogen-bond acceptors (Lipinski definition) is 3. The van der Waals surface area contributed by atoms with E-state index in [1.54, 1.807) is 0 Å². The lowest BCUT2D eigenvalue weighted by molar-refractivity contribution is 0.772. The van der Waals surface area contributed by atoms with Crippen molar-refractivity contribution in [1.29, 1.82) is 0 Å². The molecule has 0 aliphatic carbocycles. The van der Waals surface area contributed by atoms with Gasteiger partial charge in [0.05, 0.1) is 6.33 Å². The molecular weight excluding hydrogens is 326 g/mol. The van der Waals surface area contributed by atoms with Crippen LogP contribution in [0.2, 0.25) is 0 Å². The van der Waals surface area contributed by atoms with Crippen molar-refractivity contribution in [2.45, 2.75) is 24.6 Å². The lowest BCUT2D eigenvalue weighted by atomic mass is 10.2. The van der Waals surface area contributed by atoms with Crippen LogP contribution in [0, 0.1) is 0 Å². The van der Waals surface area contributed by atoms with Crippen molar-refractivity contribution in [3.05, 3.63) is 21.2 Å². The van der Waals surface area contributed by atoms with Crippen LogP contribution in [0.3, 0.4) is 0 Å². The summed E-state index contributed by atoms with van der Waals surface area (Å²) in [6, 6.07) is 0. The van der Waals surface area contributed by atoms with Crippen molar-refractivity contribution in [1.82, 2.24) is 9.97 Å². The van der Waals surface area contributed by atoms with Crippen molar-refractivity contribution >= 4 is 37.7 Å². The Labute approximate surface area is 105 Å². The van der Waals surface area contributed by atoms with Crippen molar-refractivity contribution < 1.29 is 0 Å². The number of hydrogen-bond donors (Lipinski definition) is 2. The van der Waals surface area contributed by atoms with Crippen LogP contribution in [0.15, 0.2) is 15.6 Å². The first-order chi connectivity index (χ1) is 7.15. The zero-order chi connectivity index (χ0) is 11.3. The van der Waals surface area contributed by atoms with Gasteiger partial charge in [-0.3, -0.25) is 4.79 Å². The Bertz CT molecular complexity index is 367. The van der Waals surface area contributed by atoms with Crippen LogP contribution in [0.25, 0.3) is 0 Å². The average Bonchev–Trinajstić information content (AvgIpc) is 2.24. The first-order valence-electron chi connectivity index (χ1n) is 4.76. The van der Waals surface area contributed by atoms with E-state index in [4.69, 9.17) is 0 Å².